The van der Waals surface area contributed by atoms with Gasteiger partial charge in [-0.05, 0) is 26.7 Å². The molecule has 7 nitrogen and oxygen atoms in total. The first-order chi connectivity index (χ1) is 7.35. The van der Waals surface area contributed by atoms with Crippen molar-refractivity contribution in [2.45, 2.75) is 40.5 Å². The highest BCUT2D eigenvalue weighted by molar-refractivity contribution is 5.81. The van der Waals surface area contributed by atoms with E-state index in [0.717, 1.165) is 24.3 Å². The zero-order chi connectivity index (χ0) is 13.6. The Balaban J connectivity index is -0.000000162. The summed E-state index contributed by atoms with van der Waals surface area (Å²) in [5.41, 5.74) is 1.55. The maximum Gasteiger partial charge on any atom is 0.503 e. The van der Waals surface area contributed by atoms with Crippen LogP contribution in [0, 0.1) is 0 Å². The van der Waals surface area contributed by atoms with E-state index in [-0.39, 0.29) is 0 Å². The van der Waals surface area contributed by atoms with Gasteiger partial charge < -0.3 is 20.6 Å². The first kappa shape index (κ1) is 19.7. The minimum absolute atomic E-state index is 0.773. The van der Waals surface area contributed by atoms with E-state index >= 15 is 0 Å². The Morgan fingerprint density at radius 2 is 1.12 bits per heavy atom. The summed E-state index contributed by atoms with van der Waals surface area (Å²) in [5.74, 6) is 0. The van der Waals surface area contributed by atoms with Crippen molar-refractivity contribution >= 4 is 17.6 Å². The molecule has 0 unspecified atom stereocenters. The van der Waals surface area contributed by atoms with Crippen LogP contribution in [0.15, 0.2) is 10.3 Å². The molecule has 0 aromatic heterocycles. The van der Waals surface area contributed by atoms with Crippen molar-refractivity contribution < 1.29 is 25.4 Å². The Hall–Kier alpha value is -1.79. The average molecular weight is 236 g/mol. The summed E-state index contributed by atoms with van der Waals surface area (Å²) in [7, 11) is 0. The molecule has 0 spiro atoms. The Bertz CT molecular complexity index is 204. The monoisotopic (exact) mass is 236 g/mol. The summed E-state index contributed by atoms with van der Waals surface area (Å²) in [6.07, 6.45) is -0.174. The van der Waals surface area contributed by atoms with Crippen LogP contribution in [0.5, 0.6) is 0 Å². The lowest BCUT2D eigenvalue weighted by Gasteiger charge is -1.81. The van der Waals surface area contributed by atoms with Gasteiger partial charge in [0.15, 0.2) is 0 Å². The van der Waals surface area contributed by atoms with Crippen LogP contribution in [-0.2, 0) is 0 Å². The number of hydrogen-bond acceptors (Lipinski definition) is 5. The molecule has 0 heterocycles. The van der Waals surface area contributed by atoms with Gasteiger partial charge in [0.05, 0.1) is 11.4 Å². The lowest BCUT2D eigenvalue weighted by Crippen LogP contribution is -1.83. The molecular weight excluding hydrogens is 216 g/mol. The summed E-state index contributed by atoms with van der Waals surface area (Å²) in [4.78, 5) is 8.56. The third-order valence-corrected chi connectivity index (χ3v) is 1.36. The molecule has 0 radical (unpaired) electrons. The Morgan fingerprint density at radius 1 is 0.938 bits per heavy atom. The van der Waals surface area contributed by atoms with E-state index in [1.807, 2.05) is 13.8 Å². The van der Waals surface area contributed by atoms with Gasteiger partial charge in [-0.2, -0.15) is 0 Å². The van der Waals surface area contributed by atoms with Crippen LogP contribution in [-0.4, -0.2) is 38.2 Å². The lowest BCUT2D eigenvalue weighted by molar-refractivity contribution is 0.137. The molecule has 0 bridgehead atoms. The molecule has 0 amide bonds. The van der Waals surface area contributed by atoms with Crippen molar-refractivity contribution in [3.05, 3.63) is 0 Å². The van der Waals surface area contributed by atoms with Gasteiger partial charge in [-0.3, -0.25) is 0 Å². The van der Waals surface area contributed by atoms with Gasteiger partial charge in [-0.1, -0.05) is 24.2 Å². The molecular formula is C9H20N2O5. The van der Waals surface area contributed by atoms with Crippen LogP contribution in [0.4, 0.5) is 4.79 Å². The van der Waals surface area contributed by atoms with Crippen molar-refractivity contribution in [3.63, 3.8) is 0 Å². The highest BCUT2D eigenvalue weighted by Crippen LogP contribution is 1.78. The molecule has 0 atom stereocenters. The van der Waals surface area contributed by atoms with Crippen LogP contribution in [0.2, 0.25) is 0 Å². The Morgan fingerprint density at radius 3 is 1.12 bits per heavy atom. The highest BCUT2D eigenvalue weighted by atomic mass is 16.6. The molecule has 96 valence electrons. The number of oxime groups is 2. The fourth-order valence-corrected chi connectivity index (χ4v) is 0.141. The van der Waals surface area contributed by atoms with Crippen LogP contribution in [0.25, 0.3) is 0 Å². The number of nitrogens with zero attached hydrogens (tertiary/aromatic N) is 2. The fourth-order valence-electron chi connectivity index (χ4n) is 0.141. The molecule has 0 rings (SSSR count). The van der Waals surface area contributed by atoms with E-state index in [2.05, 4.69) is 10.3 Å². The van der Waals surface area contributed by atoms with E-state index in [9.17, 15) is 0 Å². The molecule has 0 aliphatic heterocycles. The molecule has 0 aliphatic rings. The highest BCUT2D eigenvalue weighted by Gasteiger charge is 1.78. The summed E-state index contributed by atoms with van der Waals surface area (Å²) >= 11 is 0. The van der Waals surface area contributed by atoms with Crippen LogP contribution in [0.1, 0.15) is 40.5 Å². The SMILES string of the molecule is CCC(C)=NO.CCC(C)=NO.O=C(O)O. The molecule has 16 heavy (non-hydrogen) atoms. The minimum Gasteiger partial charge on any atom is -0.450 e. The zero-order valence-electron chi connectivity index (χ0n) is 10.0. The second-order valence-electron chi connectivity index (χ2n) is 2.66. The number of rotatable bonds is 2. The van der Waals surface area contributed by atoms with E-state index in [1.54, 1.807) is 13.8 Å². The largest absolute Gasteiger partial charge is 0.503 e. The molecule has 0 saturated heterocycles. The van der Waals surface area contributed by atoms with Crippen LogP contribution >= 0.6 is 0 Å². The standard InChI is InChI=1S/2C4H9NO.CH2O3/c2*1-3-4(2)5-6;2-1(3)4/h2*6H,3H2,1-2H3;(H2,2,3,4). The Kier molecular flexibility index (Phi) is 19.3. The number of hydrogen-bond donors (Lipinski definition) is 4. The first-order valence-electron chi connectivity index (χ1n) is 4.62. The van der Waals surface area contributed by atoms with E-state index < -0.39 is 6.16 Å². The summed E-state index contributed by atoms with van der Waals surface area (Å²) in [6.45, 7) is 7.43. The topological polar surface area (TPSA) is 123 Å². The third kappa shape index (κ3) is 39.8. The predicted octanol–water partition coefficient (Wildman–Crippen LogP) is 2.72. The van der Waals surface area contributed by atoms with Gasteiger partial charge in [0.1, 0.15) is 0 Å². The normalized spacial score (nSPS) is 10.5. The van der Waals surface area contributed by atoms with Gasteiger partial charge >= 0.3 is 6.16 Å². The van der Waals surface area contributed by atoms with E-state index in [1.165, 1.54) is 0 Å². The molecule has 0 aromatic carbocycles. The number of carboxylic acid groups (broad SMARTS) is 2. The second kappa shape index (κ2) is 15.7. The van der Waals surface area contributed by atoms with Gasteiger partial charge in [0, 0.05) is 0 Å². The van der Waals surface area contributed by atoms with Crippen LogP contribution in [0.3, 0.4) is 0 Å². The number of carbonyl (C=O) groups is 1. The van der Waals surface area contributed by atoms with Gasteiger partial charge in [-0.15, -0.1) is 0 Å². The molecule has 0 aromatic rings. The van der Waals surface area contributed by atoms with Gasteiger partial charge in [-0.25, -0.2) is 4.79 Å². The van der Waals surface area contributed by atoms with E-state index in [0.29, 0.717) is 0 Å². The van der Waals surface area contributed by atoms with Crippen LogP contribution < -0.4 is 0 Å². The molecule has 7 heteroatoms. The van der Waals surface area contributed by atoms with Crippen molar-refractivity contribution in [2.24, 2.45) is 10.3 Å². The average Bonchev–Trinajstić information content (AvgIpc) is 2.26. The first-order valence-corrected chi connectivity index (χ1v) is 4.62. The molecule has 0 fully saturated rings. The second-order valence-corrected chi connectivity index (χ2v) is 2.66. The maximum absolute atomic E-state index is 8.56. The Labute approximate surface area is 94.7 Å². The van der Waals surface area contributed by atoms with Crippen molar-refractivity contribution in [1.82, 2.24) is 0 Å². The fraction of sp³-hybridized carbons (Fsp3) is 0.667. The van der Waals surface area contributed by atoms with Crippen molar-refractivity contribution in [3.8, 4) is 0 Å². The van der Waals surface area contributed by atoms with Gasteiger partial charge in [0.2, 0.25) is 0 Å². The molecule has 0 saturated carbocycles. The van der Waals surface area contributed by atoms with Crippen molar-refractivity contribution in [1.29, 1.82) is 0 Å². The minimum atomic E-state index is -1.83. The van der Waals surface area contributed by atoms with E-state index in [4.69, 9.17) is 25.4 Å². The maximum atomic E-state index is 8.56. The zero-order valence-corrected chi connectivity index (χ0v) is 10.0. The predicted molar refractivity (Wildman–Crippen MR) is 61.0 cm³/mol. The van der Waals surface area contributed by atoms with Crippen molar-refractivity contribution in [2.75, 3.05) is 0 Å². The quantitative estimate of drug-likeness (QED) is 0.333. The lowest BCUT2D eigenvalue weighted by atomic mass is 10.3. The smallest absolute Gasteiger partial charge is 0.450 e. The third-order valence-electron chi connectivity index (χ3n) is 1.36. The molecule has 4 N–H and O–H groups in total. The van der Waals surface area contributed by atoms with Gasteiger partial charge in [0.25, 0.3) is 0 Å². The molecule has 0 aliphatic carbocycles. The summed E-state index contributed by atoms with van der Waals surface area (Å²) in [6, 6.07) is 0. The summed E-state index contributed by atoms with van der Waals surface area (Å²) in [5, 5.41) is 35.6. The summed E-state index contributed by atoms with van der Waals surface area (Å²) < 4.78 is 0.